The van der Waals surface area contributed by atoms with Crippen molar-refractivity contribution >= 4 is 16.7 Å². The third-order valence-corrected chi connectivity index (χ3v) is 2.82. The zero-order valence-corrected chi connectivity index (χ0v) is 9.87. The molecule has 1 aromatic heterocycles. The van der Waals surface area contributed by atoms with Gasteiger partial charge >= 0.3 is 0 Å². The van der Waals surface area contributed by atoms with Crippen LogP contribution in [-0.2, 0) is 6.42 Å². The summed E-state index contributed by atoms with van der Waals surface area (Å²) in [6.07, 6.45) is 0.915. The van der Waals surface area contributed by atoms with Crippen LogP contribution in [0.15, 0.2) is 27.7 Å². The Balaban J connectivity index is 2.76. The predicted octanol–water partition coefficient (Wildman–Crippen LogP) is 2.99. The number of nitrogens with two attached hydrogens (primary N) is 1. The van der Waals surface area contributed by atoms with E-state index in [1.54, 1.807) is 0 Å². The van der Waals surface area contributed by atoms with Crippen molar-refractivity contribution in [3.63, 3.8) is 0 Å². The Hall–Kier alpha value is -1.77. The van der Waals surface area contributed by atoms with Crippen molar-refractivity contribution in [2.24, 2.45) is 10.9 Å². The van der Waals surface area contributed by atoms with E-state index in [1.165, 1.54) is 16.5 Å². The van der Waals surface area contributed by atoms with Crippen LogP contribution in [0.4, 0.5) is 0 Å². The quantitative estimate of drug-likeness (QED) is 0.476. The smallest absolute Gasteiger partial charge is 0.154 e. The SMILES string of the molecule is CCc1c(/C(C)=N\N)oc2ccc(C)cc12. The standard InChI is InChI=1S/C13H16N2O/c1-4-10-11-7-8(2)5-6-12(11)16-13(10)9(3)15-14/h5-7H,4,14H2,1-3H3/b15-9-. The van der Waals surface area contributed by atoms with Gasteiger partial charge in [-0.3, -0.25) is 0 Å². The van der Waals surface area contributed by atoms with E-state index in [0.29, 0.717) is 0 Å². The molecule has 0 fully saturated rings. The first-order chi connectivity index (χ1) is 7.67. The van der Waals surface area contributed by atoms with Gasteiger partial charge in [0.05, 0.1) is 5.71 Å². The van der Waals surface area contributed by atoms with E-state index >= 15 is 0 Å². The van der Waals surface area contributed by atoms with Gasteiger partial charge in [-0.05, 0) is 32.4 Å². The lowest BCUT2D eigenvalue weighted by atomic mass is 10.0. The Morgan fingerprint density at radius 2 is 2.19 bits per heavy atom. The van der Waals surface area contributed by atoms with E-state index in [1.807, 2.05) is 19.1 Å². The maximum Gasteiger partial charge on any atom is 0.154 e. The van der Waals surface area contributed by atoms with E-state index in [9.17, 15) is 0 Å². The lowest BCUT2D eigenvalue weighted by Crippen LogP contribution is -2.00. The van der Waals surface area contributed by atoms with Gasteiger partial charge in [-0.1, -0.05) is 18.6 Å². The molecule has 3 heteroatoms. The highest BCUT2D eigenvalue weighted by Crippen LogP contribution is 2.27. The molecule has 0 spiro atoms. The molecular weight excluding hydrogens is 200 g/mol. The van der Waals surface area contributed by atoms with Gasteiger partial charge in [0.1, 0.15) is 5.58 Å². The van der Waals surface area contributed by atoms with E-state index in [4.69, 9.17) is 10.3 Å². The van der Waals surface area contributed by atoms with Crippen LogP contribution in [0.2, 0.25) is 0 Å². The lowest BCUT2D eigenvalue weighted by molar-refractivity contribution is 0.599. The largest absolute Gasteiger partial charge is 0.454 e. The summed E-state index contributed by atoms with van der Waals surface area (Å²) in [5.74, 6) is 6.12. The molecule has 0 atom stereocenters. The summed E-state index contributed by atoms with van der Waals surface area (Å²) in [5, 5.41) is 4.88. The molecule has 84 valence electrons. The maximum absolute atomic E-state index is 5.79. The van der Waals surface area contributed by atoms with E-state index in [-0.39, 0.29) is 0 Å². The number of aryl methyl sites for hydroxylation is 2. The van der Waals surface area contributed by atoms with Crippen molar-refractivity contribution in [3.05, 3.63) is 35.1 Å². The summed E-state index contributed by atoms with van der Waals surface area (Å²) in [7, 11) is 0. The Morgan fingerprint density at radius 3 is 2.81 bits per heavy atom. The van der Waals surface area contributed by atoms with Gasteiger partial charge in [0.25, 0.3) is 0 Å². The summed E-state index contributed by atoms with van der Waals surface area (Å²) in [6, 6.07) is 6.19. The highest BCUT2D eigenvalue weighted by atomic mass is 16.3. The lowest BCUT2D eigenvalue weighted by Gasteiger charge is -1.97. The molecule has 16 heavy (non-hydrogen) atoms. The first kappa shape index (κ1) is 10.7. The average molecular weight is 216 g/mol. The molecule has 0 saturated heterocycles. The summed E-state index contributed by atoms with van der Waals surface area (Å²) in [4.78, 5) is 0. The third kappa shape index (κ3) is 1.58. The molecule has 1 heterocycles. The van der Waals surface area contributed by atoms with Gasteiger partial charge in [0, 0.05) is 10.9 Å². The molecule has 2 N–H and O–H groups in total. The van der Waals surface area contributed by atoms with Crippen molar-refractivity contribution in [2.75, 3.05) is 0 Å². The van der Waals surface area contributed by atoms with Crippen molar-refractivity contribution in [1.29, 1.82) is 0 Å². The van der Waals surface area contributed by atoms with Crippen LogP contribution in [-0.4, -0.2) is 5.71 Å². The van der Waals surface area contributed by atoms with Crippen LogP contribution < -0.4 is 5.84 Å². The summed E-state index contributed by atoms with van der Waals surface area (Å²) < 4.78 is 5.79. The Bertz CT molecular complexity index is 552. The van der Waals surface area contributed by atoms with Gasteiger partial charge in [-0.2, -0.15) is 5.10 Å². The molecule has 3 nitrogen and oxygen atoms in total. The molecule has 0 amide bonds. The summed E-state index contributed by atoms with van der Waals surface area (Å²) >= 11 is 0. The molecule has 0 aliphatic carbocycles. The predicted molar refractivity (Wildman–Crippen MR) is 66.7 cm³/mol. The average Bonchev–Trinajstić information content (AvgIpc) is 2.65. The van der Waals surface area contributed by atoms with Crippen LogP contribution >= 0.6 is 0 Å². The van der Waals surface area contributed by atoms with Crippen molar-refractivity contribution in [3.8, 4) is 0 Å². The molecule has 2 rings (SSSR count). The van der Waals surface area contributed by atoms with E-state index in [0.717, 1.165) is 23.5 Å². The van der Waals surface area contributed by atoms with Crippen molar-refractivity contribution < 1.29 is 4.42 Å². The number of furan rings is 1. The fourth-order valence-corrected chi connectivity index (χ4v) is 1.96. The molecule has 0 radical (unpaired) electrons. The Morgan fingerprint density at radius 1 is 1.44 bits per heavy atom. The molecule has 0 saturated carbocycles. The monoisotopic (exact) mass is 216 g/mol. The second-order valence-electron chi connectivity index (χ2n) is 3.98. The molecule has 0 unspecified atom stereocenters. The molecule has 1 aromatic carbocycles. The number of fused-ring (bicyclic) bond motifs is 1. The minimum absolute atomic E-state index is 0.741. The maximum atomic E-state index is 5.79. The number of rotatable bonds is 2. The van der Waals surface area contributed by atoms with E-state index < -0.39 is 0 Å². The number of nitrogens with zero attached hydrogens (tertiary/aromatic N) is 1. The number of hydrogen-bond acceptors (Lipinski definition) is 3. The normalized spacial score (nSPS) is 12.3. The van der Waals surface area contributed by atoms with Crippen LogP contribution in [0.25, 0.3) is 11.0 Å². The number of hydrazone groups is 1. The number of benzene rings is 1. The van der Waals surface area contributed by atoms with Crippen LogP contribution in [0.1, 0.15) is 30.7 Å². The first-order valence-corrected chi connectivity index (χ1v) is 5.44. The Kier molecular flexibility index (Phi) is 2.69. The highest BCUT2D eigenvalue weighted by molar-refractivity contribution is 6.02. The second kappa shape index (κ2) is 4.00. The Labute approximate surface area is 94.9 Å². The topological polar surface area (TPSA) is 51.5 Å². The summed E-state index contributed by atoms with van der Waals surface area (Å²) in [5.41, 5.74) is 4.06. The third-order valence-electron chi connectivity index (χ3n) is 2.82. The van der Waals surface area contributed by atoms with Gasteiger partial charge in [0.15, 0.2) is 5.76 Å². The minimum Gasteiger partial charge on any atom is -0.454 e. The van der Waals surface area contributed by atoms with Crippen LogP contribution in [0, 0.1) is 6.92 Å². The van der Waals surface area contributed by atoms with Crippen LogP contribution in [0.5, 0.6) is 0 Å². The fraction of sp³-hybridized carbons (Fsp3) is 0.308. The summed E-state index contributed by atoms with van der Waals surface area (Å²) in [6.45, 7) is 6.05. The first-order valence-electron chi connectivity index (χ1n) is 5.44. The van der Waals surface area contributed by atoms with Gasteiger partial charge in [-0.25, -0.2) is 0 Å². The zero-order valence-electron chi connectivity index (χ0n) is 9.87. The number of hydrogen-bond donors (Lipinski definition) is 1. The van der Waals surface area contributed by atoms with Crippen molar-refractivity contribution in [1.82, 2.24) is 0 Å². The van der Waals surface area contributed by atoms with E-state index in [2.05, 4.69) is 25.0 Å². The van der Waals surface area contributed by atoms with Crippen LogP contribution in [0.3, 0.4) is 0 Å². The minimum atomic E-state index is 0.741. The van der Waals surface area contributed by atoms with Gasteiger partial charge in [-0.15, -0.1) is 0 Å². The molecule has 2 aromatic rings. The molecule has 0 bridgehead atoms. The second-order valence-corrected chi connectivity index (χ2v) is 3.98. The zero-order chi connectivity index (χ0) is 11.7. The molecule has 0 aliphatic rings. The molecular formula is C13H16N2O. The van der Waals surface area contributed by atoms with Gasteiger partial charge < -0.3 is 10.3 Å². The highest BCUT2D eigenvalue weighted by Gasteiger charge is 2.14. The fourth-order valence-electron chi connectivity index (χ4n) is 1.96. The van der Waals surface area contributed by atoms with Crippen molar-refractivity contribution in [2.45, 2.75) is 27.2 Å². The van der Waals surface area contributed by atoms with Gasteiger partial charge in [0.2, 0.25) is 0 Å². The molecule has 0 aliphatic heterocycles.